The first-order valence-electron chi connectivity index (χ1n) is 7.86. The molecule has 0 amide bonds. The fourth-order valence-electron chi connectivity index (χ4n) is 2.41. The molecule has 0 fully saturated rings. The van der Waals surface area contributed by atoms with Crippen molar-refractivity contribution in [3.8, 4) is 16.9 Å². The fraction of sp³-hybridized carbons (Fsp3) is 0.353. The van der Waals surface area contributed by atoms with Gasteiger partial charge < -0.3 is 18.8 Å². The highest BCUT2D eigenvalue weighted by atomic mass is 79.9. The standard InChI is InChI=1S/C17H14Br2ClF4NO4/c1-25-15(17(22,23)24)14(18)13(16(25)19)8-5-11(9(20)6-10(8)21)29-7-12(26)28-4-3-27-2/h5-6H,3-4,7H2,1-2H3. The van der Waals surface area contributed by atoms with Gasteiger partial charge in [-0.3, -0.25) is 0 Å². The summed E-state index contributed by atoms with van der Waals surface area (Å²) in [6.07, 6.45) is -4.68. The second-order valence-electron chi connectivity index (χ2n) is 5.65. The first kappa shape index (κ1) is 24.0. The normalized spacial score (nSPS) is 11.6. The zero-order chi connectivity index (χ0) is 21.9. The van der Waals surface area contributed by atoms with Gasteiger partial charge in [0.2, 0.25) is 0 Å². The number of hydrogen-bond acceptors (Lipinski definition) is 4. The van der Waals surface area contributed by atoms with Crippen LogP contribution in [-0.4, -0.2) is 37.5 Å². The summed E-state index contributed by atoms with van der Waals surface area (Å²) in [5.74, 6) is -1.68. The quantitative estimate of drug-likeness (QED) is 0.249. The molecule has 12 heteroatoms. The van der Waals surface area contributed by atoms with Crippen LogP contribution >= 0.6 is 43.5 Å². The van der Waals surface area contributed by atoms with E-state index in [1.807, 2.05) is 0 Å². The van der Waals surface area contributed by atoms with Crippen molar-refractivity contribution in [1.29, 1.82) is 0 Å². The van der Waals surface area contributed by atoms with Crippen LogP contribution in [0.4, 0.5) is 17.6 Å². The number of methoxy groups -OCH3 is 1. The molecule has 0 N–H and O–H groups in total. The molecule has 1 aromatic heterocycles. The molecule has 2 rings (SSSR count). The van der Waals surface area contributed by atoms with E-state index < -0.39 is 30.3 Å². The maximum atomic E-state index is 14.5. The minimum atomic E-state index is -4.68. The van der Waals surface area contributed by atoms with Crippen LogP contribution in [0.2, 0.25) is 5.02 Å². The third kappa shape index (κ3) is 5.44. The van der Waals surface area contributed by atoms with E-state index in [0.29, 0.717) is 0 Å². The first-order chi connectivity index (χ1) is 13.5. The zero-order valence-electron chi connectivity index (χ0n) is 15.0. The second-order valence-corrected chi connectivity index (χ2v) is 7.60. The number of nitrogens with zero attached hydrogens (tertiary/aromatic N) is 1. The lowest BCUT2D eigenvalue weighted by atomic mass is 10.1. The molecule has 2 aromatic rings. The summed E-state index contributed by atoms with van der Waals surface area (Å²) < 4.78 is 69.8. The number of rotatable bonds is 7. The lowest BCUT2D eigenvalue weighted by Crippen LogP contribution is -2.17. The molecule has 1 aromatic carbocycles. The Morgan fingerprint density at radius 2 is 1.90 bits per heavy atom. The molecule has 0 aliphatic carbocycles. The van der Waals surface area contributed by atoms with Gasteiger partial charge in [-0.15, -0.1) is 0 Å². The average Bonchev–Trinajstić information content (AvgIpc) is 2.84. The summed E-state index contributed by atoms with van der Waals surface area (Å²) >= 11 is 11.9. The molecule has 5 nitrogen and oxygen atoms in total. The van der Waals surface area contributed by atoms with Crippen LogP contribution in [0, 0.1) is 5.82 Å². The van der Waals surface area contributed by atoms with Crippen LogP contribution in [0.5, 0.6) is 5.75 Å². The highest BCUT2D eigenvalue weighted by molar-refractivity contribution is 9.11. The molecule has 0 radical (unpaired) electrons. The number of alkyl halides is 3. The highest BCUT2D eigenvalue weighted by Gasteiger charge is 2.39. The highest BCUT2D eigenvalue weighted by Crippen LogP contribution is 2.47. The largest absolute Gasteiger partial charge is 0.480 e. The number of carbonyl (C=O) groups is 1. The van der Waals surface area contributed by atoms with Crippen molar-refractivity contribution in [2.24, 2.45) is 7.05 Å². The predicted molar refractivity (Wildman–Crippen MR) is 105 cm³/mol. The van der Waals surface area contributed by atoms with E-state index in [4.69, 9.17) is 25.8 Å². The summed E-state index contributed by atoms with van der Waals surface area (Å²) in [6.45, 7) is -0.310. The minimum absolute atomic E-state index is 0.0113. The van der Waals surface area contributed by atoms with Crippen molar-refractivity contribution < 1.29 is 36.6 Å². The summed E-state index contributed by atoms with van der Waals surface area (Å²) in [5.41, 5.74) is -1.29. The van der Waals surface area contributed by atoms with E-state index in [1.54, 1.807) is 0 Å². The molecule has 0 aliphatic heterocycles. The number of esters is 1. The summed E-state index contributed by atoms with van der Waals surface area (Å²) in [6, 6.07) is 2.01. The Hall–Kier alpha value is -1.30. The molecule has 0 spiro atoms. The van der Waals surface area contributed by atoms with E-state index in [2.05, 4.69) is 31.9 Å². The third-order valence-electron chi connectivity index (χ3n) is 3.72. The minimum Gasteiger partial charge on any atom is -0.480 e. The second kappa shape index (κ2) is 9.67. The van der Waals surface area contributed by atoms with Crippen molar-refractivity contribution in [2.75, 3.05) is 26.9 Å². The van der Waals surface area contributed by atoms with Crippen molar-refractivity contribution in [3.63, 3.8) is 0 Å². The van der Waals surface area contributed by atoms with Gasteiger partial charge in [0.25, 0.3) is 0 Å². The first-order valence-corrected chi connectivity index (χ1v) is 9.83. The van der Waals surface area contributed by atoms with Crippen LogP contribution in [0.3, 0.4) is 0 Å². The van der Waals surface area contributed by atoms with Gasteiger partial charge in [0.15, 0.2) is 6.61 Å². The Kier molecular flexibility index (Phi) is 8.00. The van der Waals surface area contributed by atoms with Crippen molar-refractivity contribution in [2.45, 2.75) is 6.18 Å². The topological polar surface area (TPSA) is 49.7 Å². The van der Waals surface area contributed by atoms with E-state index in [0.717, 1.165) is 16.7 Å². The van der Waals surface area contributed by atoms with Gasteiger partial charge in [-0.25, -0.2) is 9.18 Å². The SMILES string of the molecule is COCCOC(=O)COc1cc(-c2c(Br)c(C(F)(F)F)n(C)c2Br)c(F)cc1Cl. The van der Waals surface area contributed by atoms with Crippen molar-refractivity contribution in [1.82, 2.24) is 4.57 Å². The molecule has 0 aliphatic rings. The van der Waals surface area contributed by atoms with Gasteiger partial charge in [-0.05, 0) is 44.0 Å². The number of halogens is 7. The number of carbonyl (C=O) groups excluding carboxylic acids is 1. The van der Waals surface area contributed by atoms with E-state index in [1.165, 1.54) is 14.2 Å². The Labute approximate surface area is 185 Å². The molecular formula is C17H14Br2ClF4NO4. The van der Waals surface area contributed by atoms with Crippen molar-refractivity contribution >= 4 is 49.4 Å². The molecule has 160 valence electrons. The monoisotopic (exact) mass is 565 g/mol. The van der Waals surface area contributed by atoms with Gasteiger partial charge in [0.05, 0.1) is 20.7 Å². The molecule has 0 atom stereocenters. The predicted octanol–water partition coefficient (Wildman–Crippen LogP) is 5.60. The molecule has 0 saturated heterocycles. The number of benzene rings is 1. The van der Waals surface area contributed by atoms with Gasteiger partial charge in [-0.2, -0.15) is 13.2 Å². The van der Waals surface area contributed by atoms with Crippen LogP contribution in [0.15, 0.2) is 21.2 Å². The Bertz CT molecular complexity index is 918. The van der Waals surface area contributed by atoms with Crippen LogP contribution < -0.4 is 4.74 Å². The Morgan fingerprint density at radius 1 is 1.24 bits per heavy atom. The number of ether oxygens (including phenoxy) is 3. The van der Waals surface area contributed by atoms with Crippen molar-refractivity contribution in [3.05, 3.63) is 37.7 Å². The van der Waals surface area contributed by atoms with Crippen LogP contribution in [0.1, 0.15) is 5.69 Å². The summed E-state index contributed by atoms with van der Waals surface area (Å²) in [5, 5.41) is -0.157. The summed E-state index contributed by atoms with van der Waals surface area (Å²) in [4.78, 5) is 11.6. The Morgan fingerprint density at radius 3 is 2.45 bits per heavy atom. The number of hydrogen-bond donors (Lipinski definition) is 0. The number of aromatic nitrogens is 1. The smallest absolute Gasteiger partial charge is 0.432 e. The lowest BCUT2D eigenvalue weighted by Gasteiger charge is -2.11. The van der Waals surface area contributed by atoms with E-state index >= 15 is 0 Å². The molecular weight excluding hydrogens is 553 g/mol. The van der Waals surface area contributed by atoms with Gasteiger partial charge in [-0.1, -0.05) is 11.6 Å². The Balaban J connectivity index is 2.39. The van der Waals surface area contributed by atoms with Crippen LogP contribution in [0.25, 0.3) is 11.1 Å². The average molecular weight is 568 g/mol. The lowest BCUT2D eigenvalue weighted by molar-refractivity contribution is -0.147. The molecule has 0 bridgehead atoms. The maximum absolute atomic E-state index is 14.5. The fourth-order valence-corrected chi connectivity index (χ4v) is 4.37. The van der Waals surface area contributed by atoms with Gasteiger partial charge in [0.1, 0.15) is 23.9 Å². The van der Waals surface area contributed by atoms with Gasteiger partial charge >= 0.3 is 12.1 Å². The molecule has 0 saturated carbocycles. The van der Waals surface area contributed by atoms with Gasteiger partial charge in [0, 0.05) is 25.3 Å². The maximum Gasteiger partial charge on any atom is 0.432 e. The van der Waals surface area contributed by atoms with E-state index in [9.17, 15) is 22.4 Å². The zero-order valence-corrected chi connectivity index (χ0v) is 18.9. The molecule has 0 unspecified atom stereocenters. The molecule has 29 heavy (non-hydrogen) atoms. The van der Waals surface area contributed by atoms with Crippen LogP contribution in [-0.2, 0) is 27.5 Å². The van der Waals surface area contributed by atoms with E-state index in [-0.39, 0.29) is 44.2 Å². The summed E-state index contributed by atoms with van der Waals surface area (Å²) in [7, 11) is 2.62. The third-order valence-corrected chi connectivity index (χ3v) is 5.71. The molecule has 1 heterocycles.